The van der Waals surface area contributed by atoms with Crippen LogP contribution >= 0.6 is 12.4 Å². The van der Waals surface area contributed by atoms with Crippen molar-refractivity contribution in [3.05, 3.63) is 0 Å². The number of likely N-dealkylation sites (tertiary alicyclic amines) is 1. The summed E-state index contributed by atoms with van der Waals surface area (Å²) >= 11 is 0. The van der Waals surface area contributed by atoms with Gasteiger partial charge in [-0.2, -0.15) is 0 Å². The molecule has 1 N–H and O–H groups in total. The number of rotatable bonds is 0. The molecule has 2 nitrogen and oxygen atoms in total. The Balaban J connectivity index is 0.000001000. The van der Waals surface area contributed by atoms with Crippen molar-refractivity contribution < 1.29 is 5.11 Å². The largest absolute Gasteiger partial charge is 0.392 e. The van der Waals surface area contributed by atoms with E-state index in [0.29, 0.717) is 12.0 Å². The van der Waals surface area contributed by atoms with E-state index in [-0.39, 0.29) is 18.5 Å². The highest BCUT2D eigenvalue weighted by molar-refractivity contribution is 5.85. The van der Waals surface area contributed by atoms with Gasteiger partial charge in [-0.1, -0.05) is 6.92 Å². The molecule has 11 heavy (non-hydrogen) atoms. The van der Waals surface area contributed by atoms with Crippen molar-refractivity contribution in [2.45, 2.75) is 32.4 Å². The maximum Gasteiger partial charge on any atom is 0.0670 e. The van der Waals surface area contributed by atoms with Gasteiger partial charge < -0.3 is 10.0 Å². The highest BCUT2D eigenvalue weighted by atomic mass is 35.5. The summed E-state index contributed by atoms with van der Waals surface area (Å²) in [4.78, 5) is 2.22. The van der Waals surface area contributed by atoms with Gasteiger partial charge in [0.15, 0.2) is 0 Å². The topological polar surface area (TPSA) is 23.5 Å². The van der Waals surface area contributed by atoms with E-state index in [1.165, 1.54) is 0 Å². The molecule has 0 aliphatic carbocycles. The Kier molecular flexibility index (Phi) is 4.37. The van der Waals surface area contributed by atoms with Crippen LogP contribution in [0.5, 0.6) is 0 Å². The quantitative estimate of drug-likeness (QED) is 0.603. The highest BCUT2D eigenvalue weighted by Gasteiger charge is 2.26. The second-order valence-corrected chi connectivity index (χ2v) is 3.55. The molecule has 3 heteroatoms. The van der Waals surface area contributed by atoms with Crippen molar-refractivity contribution in [3.8, 4) is 0 Å². The lowest BCUT2D eigenvalue weighted by Gasteiger charge is -2.37. The van der Waals surface area contributed by atoms with E-state index < -0.39 is 0 Å². The Hall–Kier alpha value is 0.210. The number of nitrogens with zero attached hydrogens (tertiary/aromatic N) is 1. The maximum absolute atomic E-state index is 9.33. The number of β-amino-alcohol motifs (C(OH)–C–C–N with tert-alkyl or cyclic N) is 1. The third-order valence-electron chi connectivity index (χ3n) is 2.66. The monoisotopic (exact) mass is 179 g/mol. The molecule has 0 amide bonds. The molecule has 1 saturated heterocycles. The third kappa shape index (κ3) is 2.62. The molecule has 1 heterocycles. The van der Waals surface area contributed by atoms with Crippen LogP contribution < -0.4 is 0 Å². The zero-order valence-electron chi connectivity index (χ0n) is 7.45. The van der Waals surface area contributed by atoms with Gasteiger partial charge >= 0.3 is 0 Å². The standard InChI is InChI=1S/C8H17NO.ClH/c1-6-4-8(10)5-9(3)7(6)2;/h6-8,10H,4-5H2,1-3H3;1H. The predicted octanol–water partition coefficient (Wildman–Crippen LogP) is 1.13. The number of aliphatic hydroxyl groups is 1. The highest BCUT2D eigenvalue weighted by Crippen LogP contribution is 2.21. The summed E-state index contributed by atoms with van der Waals surface area (Å²) in [5, 5.41) is 9.33. The SMILES string of the molecule is CC1CC(O)CN(C)C1C.Cl. The summed E-state index contributed by atoms with van der Waals surface area (Å²) in [6, 6.07) is 0.628. The van der Waals surface area contributed by atoms with Crippen LogP contribution in [0.25, 0.3) is 0 Å². The fraction of sp³-hybridized carbons (Fsp3) is 1.00. The fourth-order valence-corrected chi connectivity index (χ4v) is 1.63. The summed E-state index contributed by atoms with van der Waals surface area (Å²) in [6.45, 7) is 5.26. The van der Waals surface area contributed by atoms with Gasteiger partial charge in [0.25, 0.3) is 0 Å². The summed E-state index contributed by atoms with van der Waals surface area (Å²) in [5.41, 5.74) is 0. The first-order valence-electron chi connectivity index (χ1n) is 3.99. The smallest absolute Gasteiger partial charge is 0.0670 e. The van der Waals surface area contributed by atoms with Gasteiger partial charge in [-0.15, -0.1) is 12.4 Å². The van der Waals surface area contributed by atoms with E-state index in [9.17, 15) is 5.11 Å². The molecule has 3 atom stereocenters. The molecule has 1 aliphatic heterocycles. The molecule has 0 aromatic rings. The van der Waals surface area contributed by atoms with Crippen molar-refractivity contribution in [1.29, 1.82) is 0 Å². The van der Waals surface area contributed by atoms with Gasteiger partial charge in [-0.3, -0.25) is 0 Å². The average Bonchev–Trinajstić information content (AvgIpc) is 1.82. The molecule has 1 rings (SSSR count). The molecule has 0 radical (unpaired) electrons. The van der Waals surface area contributed by atoms with E-state index >= 15 is 0 Å². The molecule has 0 aromatic carbocycles. The second-order valence-electron chi connectivity index (χ2n) is 3.55. The Morgan fingerprint density at radius 3 is 2.36 bits per heavy atom. The Morgan fingerprint density at radius 1 is 1.36 bits per heavy atom. The molecular formula is C8H18ClNO. The number of piperidine rings is 1. The minimum Gasteiger partial charge on any atom is -0.392 e. The fourth-order valence-electron chi connectivity index (χ4n) is 1.63. The Labute approximate surface area is 75.0 Å². The zero-order valence-corrected chi connectivity index (χ0v) is 8.27. The van der Waals surface area contributed by atoms with Crippen LogP contribution in [-0.4, -0.2) is 35.7 Å². The molecule has 1 aliphatic rings. The van der Waals surface area contributed by atoms with Crippen LogP contribution in [-0.2, 0) is 0 Å². The van der Waals surface area contributed by atoms with Gasteiger partial charge in [0, 0.05) is 12.6 Å². The normalized spacial score (nSPS) is 39.8. The molecule has 0 bridgehead atoms. The maximum atomic E-state index is 9.33. The van der Waals surface area contributed by atoms with Crippen LogP contribution in [0.15, 0.2) is 0 Å². The van der Waals surface area contributed by atoms with Crippen molar-refractivity contribution in [3.63, 3.8) is 0 Å². The average molecular weight is 180 g/mol. The van der Waals surface area contributed by atoms with Crippen LogP contribution in [0.3, 0.4) is 0 Å². The summed E-state index contributed by atoms with van der Waals surface area (Å²) in [7, 11) is 2.07. The van der Waals surface area contributed by atoms with Gasteiger partial charge in [-0.25, -0.2) is 0 Å². The first kappa shape index (κ1) is 11.2. The van der Waals surface area contributed by atoms with Crippen molar-refractivity contribution in [1.82, 2.24) is 4.90 Å². The number of hydrogen-bond donors (Lipinski definition) is 1. The molecule has 68 valence electrons. The minimum atomic E-state index is -0.101. The van der Waals surface area contributed by atoms with Crippen molar-refractivity contribution >= 4 is 12.4 Å². The third-order valence-corrected chi connectivity index (χ3v) is 2.66. The van der Waals surface area contributed by atoms with E-state index in [1.807, 2.05) is 0 Å². The minimum absolute atomic E-state index is 0. The molecular weight excluding hydrogens is 162 g/mol. The molecule has 1 fully saturated rings. The summed E-state index contributed by atoms with van der Waals surface area (Å²) in [6.07, 6.45) is 0.863. The number of hydrogen-bond acceptors (Lipinski definition) is 2. The van der Waals surface area contributed by atoms with Crippen molar-refractivity contribution in [2.75, 3.05) is 13.6 Å². The van der Waals surface area contributed by atoms with Crippen LogP contribution in [0.2, 0.25) is 0 Å². The van der Waals surface area contributed by atoms with Crippen LogP contribution in [0, 0.1) is 5.92 Å². The first-order chi connectivity index (χ1) is 4.61. The first-order valence-corrected chi connectivity index (χ1v) is 3.99. The van der Waals surface area contributed by atoms with Crippen LogP contribution in [0.4, 0.5) is 0 Å². The number of aliphatic hydroxyl groups excluding tert-OH is 1. The Morgan fingerprint density at radius 2 is 1.91 bits per heavy atom. The van der Waals surface area contributed by atoms with Gasteiger partial charge in [0.2, 0.25) is 0 Å². The summed E-state index contributed by atoms with van der Waals surface area (Å²) < 4.78 is 0. The lowest BCUT2D eigenvalue weighted by atomic mass is 9.91. The van der Waals surface area contributed by atoms with Crippen molar-refractivity contribution in [2.24, 2.45) is 5.92 Å². The molecule has 3 unspecified atom stereocenters. The van der Waals surface area contributed by atoms with E-state index in [2.05, 4.69) is 25.8 Å². The molecule has 0 aromatic heterocycles. The van der Waals surface area contributed by atoms with E-state index in [0.717, 1.165) is 13.0 Å². The van der Waals surface area contributed by atoms with E-state index in [4.69, 9.17) is 0 Å². The zero-order chi connectivity index (χ0) is 7.72. The Bertz CT molecular complexity index is 109. The lowest BCUT2D eigenvalue weighted by Crippen LogP contribution is -2.46. The van der Waals surface area contributed by atoms with Crippen LogP contribution in [0.1, 0.15) is 20.3 Å². The van der Waals surface area contributed by atoms with Gasteiger partial charge in [-0.05, 0) is 26.3 Å². The van der Waals surface area contributed by atoms with E-state index in [1.54, 1.807) is 0 Å². The predicted molar refractivity (Wildman–Crippen MR) is 49.1 cm³/mol. The summed E-state index contributed by atoms with van der Waals surface area (Å²) in [5.74, 6) is 0.633. The second kappa shape index (κ2) is 4.29. The lowest BCUT2D eigenvalue weighted by molar-refractivity contribution is 0.0252. The van der Waals surface area contributed by atoms with Gasteiger partial charge in [0.1, 0.15) is 0 Å². The molecule has 0 saturated carbocycles. The van der Waals surface area contributed by atoms with Gasteiger partial charge in [0.05, 0.1) is 6.10 Å². The molecule has 0 spiro atoms. The number of likely N-dealkylation sites (N-methyl/N-ethyl adjacent to an activating group) is 1. The number of halogens is 1.